The summed E-state index contributed by atoms with van der Waals surface area (Å²) >= 11 is 0. The largest absolute Gasteiger partial charge is 0.329 e. The molecule has 1 aromatic heterocycles. The molecule has 0 aliphatic heterocycles. The highest BCUT2D eigenvalue weighted by Crippen LogP contribution is 2.29. The van der Waals surface area contributed by atoms with Gasteiger partial charge in [-0.1, -0.05) is 19.9 Å². The van der Waals surface area contributed by atoms with Crippen molar-refractivity contribution in [3.8, 4) is 0 Å². The highest BCUT2D eigenvalue weighted by Gasteiger charge is 2.33. The fourth-order valence-corrected chi connectivity index (χ4v) is 2.42. The van der Waals surface area contributed by atoms with Crippen LogP contribution in [0.25, 0.3) is 10.9 Å². The third-order valence-corrected chi connectivity index (χ3v) is 4.12. The maximum absolute atomic E-state index is 12.6. The quantitative estimate of drug-likeness (QED) is 0.878. The minimum Gasteiger partial charge on any atom is -0.329 e. The van der Waals surface area contributed by atoms with Crippen molar-refractivity contribution < 1.29 is 4.79 Å². The van der Waals surface area contributed by atoms with E-state index in [1.165, 1.54) is 0 Å². The number of carbonyl (C=O) groups excluding carboxylic acids is 1. The van der Waals surface area contributed by atoms with E-state index in [1.807, 2.05) is 44.2 Å². The first-order chi connectivity index (χ1) is 9.66. The van der Waals surface area contributed by atoms with E-state index in [0.29, 0.717) is 6.54 Å². The first kappa shape index (κ1) is 14.5. The molecule has 0 spiro atoms. The summed E-state index contributed by atoms with van der Waals surface area (Å²) < 4.78 is 0. The van der Waals surface area contributed by atoms with Gasteiger partial charge in [0.1, 0.15) is 0 Å². The fourth-order valence-electron chi connectivity index (χ4n) is 2.42. The number of anilines is 1. The molecule has 0 fully saturated rings. The van der Waals surface area contributed by atoms with Gasteiger partial charge in [0, 0.05) is 18.1 Å². The predicted octanol–water partition coefficient (Wildman–Crippen LogP) is 2.94. The Bertz CT molecular complexity index is 592. The third kappa shape index (κ3) is 2.51. The molecule has 0 saturated heterocycles. The molecule has 1 heterocycles. The first-order valence-corrected chi connectivity index (χ1v) is 7.02. The number of aromatic nitrogens is 1. The Kier molecular flexibility index (Phi) is 4.35. The van der Waals surface area contributed by atoms with E-state index in [4.69, 9.17) is 5.73 Å². The number of rotatable bonds is 5. The lowest BCUT2D eigenvalue weighted by Gasteiger charge is -2.28. The van der Waals surface area contributed by atoms with Crippen LogP contribution in [0.4, 0.5) is 5.69 Å². The van der Waals surface area contributed by atoms with Gasteiger partial charge in [-0.3, -0.25) is 9.78 Å². The minimum absolute atomic E-state index is 0.0126. The molecule has 4 nitrogen and oxygen atoms in total. The van der Waals surface area contributed by atoms with Crippen LogP contribution in [0.1, 0.15) is 26.7 Å². The highest BCUT2D eigenvalue weighted by molar-refractivity contribution is 6.03. The minimum atomic E-state index is -0.496. The van der Waals surface area contributed by atoms with Crippen molar-refractivity contribution in [3.63, 3.8) is 0 Å². The van der Waals surface area contributed by atoms with Gasteiger partial charge in [-0.15, -0.1) is 0 Å². The van der Waals surface area contributed by atoms with Crippen molar-refractivity contribution >= 4 is 22.5 Å². The number of nitrogens with two attached hydrogens (primary N) is 1. The monoisotopic (exact) mass is 271 g/mol. The molecule has 0 saturated carbocycles. The van der Waals surface area contributed by atoms with Crippen molar-refractivity contribution in [2.45, 2.75) is 26.7 Å². The molecule has 1 aromatic carbocycles. The van der Waals surface area contributed by atoms with E-state index in [0.717, 1.165) is 29.4 Å². The van der Waals surface area contributed by atoms with Gasteiger partial charge < -0.3 is 11.1 Å². The smallest absolute Gasteiger partial charge is 0.231 e. The summed E-state index contributed by atoms with van der Waals surface area (Å²) in [5.74, 6) is -0.0126. The van der Waals surface area contributed by atoms with Gasteiger partial charge in [0.05, 0.1) is 16.6 Å². The van der Waals surface area contributed by atoms with Gasteiger partial charge in [0.25, 0.3) is 0 Å². The molecule has 0 bridgehead atoms. The van der Waals surface area contributed by atoms with E-state index in [2.05, 4.69) is 10.3 Å². The van der Waals surface area contributed by atoms with Gasteiger partial charge >= 0.3 is 0 Å². The number of pyridine rings is 1. The number of carbonyl (C=O) groups is 1. The normalized spacial score (nSPS) is 11.6. The van der Waals surface area contributed by atoms with Crippen LogP contribution in [-0.4, -0.2) is 17.4 Å². The van der Waals surface area contributed by atoms with Crippen LogP contribution in [0.3, 0.4) is 0 Å². The van der Waals surface area contributed by atoms with Gasteiger partial charge in [-0.05, 0) is 37.1 Å². The highest BCUT2D eigenvalue weighted by atomic mass is 16.2. The molecule has 0 aliphatic carbocycles. The molecule has 0 atom stereocenters. The molecule has 0 unspecified atom stereocenters. The summed E-state index contributed by atoms with van der Waals surface area (Å²) in [5, 5.41) is 3.97. The van der Waals surface area contributed by atoms with Crippen LogP contribution in [0, 0.1) is 5.41 Å². The molecule has 106 valence electrons. The number of hydrogen-bond acceptors (Lipinski definition) is 3. The van der Waals surface area contributed by atoms with Crippen molar-refractivity contribution in [2.24, 2.45) is 11.1 Å². The SMILES string of the molecule is CCC(CC)(CN)C(=O)Nc1cccc2ncccc12. The molecular weight excluding hydrogens is 250 g/mol. The standard InChI is InChI=1S/C16H21N3O/c1-3-16(4-2,11-17)15(20)19-14-9-5-8-13-12(14)7-6-10-18-13/h5-10H,3-4,11,17H2,1-2H3,(H,19,20). The van der Waals surface area contributed by atoms with E-state index < -0.39 is 5.41 Å². The van der Waals surface area contributed by atoms with Gasteiger partial charge in [-0.2, -0.15) is 0 Å². The number of nitrogens with one attached hydrogen (secondary N) is 1. The molecule has 20 heavy (non-hydrogen) atoms. The Morgan fingerprint density at radius 1 is 1.25 bits per heavy atom. The molecule has 2 rings (SSSR count). The average molecular weight is 271 g/mol. The zero-order chi connectivity index (χ0) is 14.6. The zero-order valence-corrected chi connectivity index (χ0v) is 12.0. The van der Waals surface area contributed by atoms with Crippen molar-refractivity contribution in [1.82, 2.24) is 4.98 Å². The van der Waals surface area contributed by atoms with Crippen LogP contribution in [0.15, 0.2) is 36.5 Å². The predicted molar refractivity (Wildman–Crippen MR) is 82.4 cm³/mol. The molecule has 4 heteroatoms. The first-order valence-electron chi connectivity index (χ1n) is 7.02. The van der Waals surface area contributed by atoms with Gasteiger partial charge in [-0.25, -0.2) is 0 Å². The summed E-state index contributed by atoms with van der Waals surface area (Å²) in [6.45, 7) is 4.36. The maximum atomic E-state index is 12.6. The molecule has 3 N–H and O–H groups in total. The maximum Gasteiger partial charge on any atom is 0.231 e. The Hall–Kier alpha value is -1.94. The summed E-state index contributed by atoms with van der Waals surface area (Å²) in [7, 11) is 0. The lowest BCUT2D eigenvalue weighted by atomic mass is 9.81. The number of hydrogen-bond donors (Lipinski definition) is 2. The topological polar surface area (TPSA) is 68.0 Å². The van der Waals surface area contributed by atoms with E-state index in [-0.39, 0.29) is 5.91 Å². The van der Waals surface area contributed by atoms with Crippen LogP contribution in [0.2, 0.25) is 0 Å². The summed E-state index contributed by atoms with van der Waals surface area (Å²) in [4.78, 5) is 16.9. The number of nitrogens with zero attached hydrogens (tertiary/aromatic N) is 1. The van der Waals surface area contributed by atoms with Crippen LogP contribution >= 0.6 is 0 Å². The van der Waals surface area contributed by atoms with E-state index in [9.17, 15) is 4.79 Å². The Labute approximate surface area is 119 Å². The lowest BCUT2D eigenvalue weighted by molar-refractivity contribution is -0.125. The fraction of sp³-hybridized carbons (Fsp3) is 0.375. The molecule has 0 aliphatic rings. The van der Waals surface area contributed by atoms with Crippen molar-refractivity contribution in [2.75, 3.05) is 11.9 Å². The second-order valence-corrected chi connectivity index (χ2v) is 5.02. The molecule has 2 aromatic rings. The number of amides is 1. The number of benzene rings is 1. The Morgan fingerprint density at radius 2 is 2.00 bits per heavy atom. The van der Waals surface area contributed by atoms with Gasteiger partial charge in [0.2, 0.25) is 5.91 Å². The Balaban J connectivity index is 2.35. The number of fused-ring (bicyclic) bond motifs is 1. The second kappa shape index (κ2) is 6.01. The Morgan fingerprint density at radius 3 is 2.65 bits per heavy atom. The van der Waals surface area contributed by atoms with Crippen molar-refractivity contribution in [1.29, 1.82) is 0 Å². The van der Waals surface area contributed by atoms with Crippen LogP contribution in [0.5, 0.6) is 0 Å². The lowest BCUT2D eigenvalue weighted by Crippen LogP contribution is -2.41. The summed E-state index contributed by atoms with van der Waals surface area (Å²) in [6, 6.07) is 9.55. The van der Waals surface area contributed by atoms with Crippen LogP contribution < -0.4 is 11.1 Å². The van der Waals surface area contributed by atoms with Crippen molar-refractivity contribution in [3.05, 3.63) is 36.5 Å². The van der Waals surface area contributed by atoms with Gasteiger partial charge in [0.15, 0.2) is 0 Å². The zero-order valence-electron chi connectivity index (χ0n) is 12.0. The van der Waals surface area contributed by atoms with Crippen LogP contribution in [-0.2, 0) is 4.79 Å². The summed E-state index contributed by atoms with van der Waals surface area (Å²) in [5.41, 5.74) is 6.99. The molecule has 1 amide bonds. The van der Waals surface area contributed by atoms with E-state index in [1.54, 1.807) is 6.20 Å². The second-order valence-electron chi connectivity index (χ2n) is 5.02. The third-order valence-electron chi connectivity index (χ3n) is 4.12. The average Bonchev–Trinajstić information content (AvgIpc) is 2.50. The molecule has 0 radical (unpaired) electrons. The summed E-state index contributed by atoms with van der Waals surface area (Å²) in [6.07, 6.45) is 3.21. The van der Waals surface area contributed by atoms with E-state index >= 15 is 0 Å². The molecular formula is C16H21N3O.